The fourth-order valence-corrected chi connectivity index (χ4v) is 3.11. The minimum atomic E-state index is -0.826. The van der Waals surface area contributed by atoms with E-state index in [-0.39, 0.29) is 12.5 Å². The Bertz CT molecular complexity index is 325. The van der Waals surface area contributed by atoms with Crippen LogP contribution in [0, 0.1) is 5.92 Å². The molecule has 2 aliphatic rings. The second-order valence-electron chi connectivity index (χ2n) is 6.07. The number of aliphatic carboxylic acids is 1. The SMILES string of the molecule is CC(C)N1CCC(C2(C)OCC(CC(=O)O)O2)CC1. The molecular formula is C14H25NO4. The summed E-state index contributed by atoms with van der Waals surface area (Å²) in [7, 11) is 0. The third-order valence-electron chi connectivity index (χ3n) is 4.36. The summed E-state index contributed by atoms with van der Waals surface area (Å²) in [4.78, 5) is 13.2. The molecule has 0 aromatic carbocycles. The molecule has 0 radical (unpaired) electrons. The van der Waals surface area contributed by atoms with Crippen LogP contribution < -0.4 is 0 Å². The summed E-state index contributed by atoms with van der Waals surface area (Å²) >= 11 is 0. The van der Waals surface area contributed by atoms with Gasteiger partial charge in [0.1, 0.15) is 0 Å². The largest absolute Gasteiger partial charge is 0.481 e. The normalized spacial score (nSPS) is 34.0. The first kappa shape index (κ1) is 14.8. The minimum Gasteiger partial charge on any atom is -0.481 e. The van der Waals surface area contributed by atoms with Crippen molar-refractivity contribution in [2.24, 2.45) is 5.92 Å². The molecule has 0 amide bonds. The van der Waals surface area contributed by atoms with Crippen molar-refractivity contribution in [3.05, 3.63) is 0 Å². The lowest BCUT2D eigenvalue weighted by Gasteiger charge is -2.40. The van der Waals surface area contributed by atoms with Crippen LogP contribution in [0.25, 0.3) is 0 Å². The van der Waals surface area contributed by atoms with E-state index in [4.69, 9.17) is 14.6 Å². The molecule has 0 bridgehead atoms. The number of carboxylic acid groups (broad SMARTS) is 1. The Balaban J connectivity index is 1.87. The first-order chi connectivity index (χ1) is 8.90. The molecule has 2 unspecified atom stereocenters. The van der Waals surface area contributed by atoms with Gasteiger partial charge in [-0.2, -0.15) is 0 Å². The van der Waals surface area contributed by atoms with Gasteiger partial charge in [0.05, 0.1) is 19.1 Å². The second-order valence-corrected chi connectivity index (χ2v) is 6.07. The number of hydrogen-bond donors (Lipinski definition) is 1. The fourth-order valence-electron chi connectivity index (χ4n) is 3.11. The standard InChI is InChI=1S/C14H25NO4/c1-10(2)15-6-4-11(5-7-15)14(3)18-9-12(19-14)8-13(16)17/h10-12H,4-9H2,1-3H3,(H,16,17). The summed E-state index contributed by atoms with van der Waals surface area (Å²) in [5.41, 5.74) is 0. The highest BCUT2D eigenvalue weighted by Crippen LogP contribution is 2.38. The van der Waals surface area contributed by atoms with Gasteiger partial charge in [-0.1, -0.05) is 0 Å². The van der Waals surface area contributed by atoms with Crippen LogP contribution in [0.2, 0.25) is 0 Å². The number of piperidine rings is 1. The Labute approximate surface area is 114 Å². The highest BCUT2D eigenvalue weighted by atomic mass is 16.7. The maximum absolute atomic E-state index is 10.7. The van der Waals surface area contributed by atoms with Crippen molar-refractivity contribution in [2.75, 3.05) is 19.7 Å². The van der Waals surface area contributed by atoms with Crippen LogP contribution in [-0.2, 0) is 14.3 Å². The summed E-state index contributed by atoms with van der Waals surface area (Å²) in [5, 5.41) is 8.81. The van der Waals surface area contributed by atoms with Crippen molar-refractivity contribution in [3.63, 3.8) is 0 Å². The highest BCUT2D eigenvalue weighted by molar-refractivity contribution is 5.67. The average molecular weight is 271 g/mol. The number of nitrogens with zero attached hydrogens (tertiary/aromatic N) is 1. The first-order valence-electron chi connectivity index (χ1n) is 7.18. The van der Waals surface area contributed by atoms with Crippen molar-refractivity contribution >= 4 is 5.97 Å². The van der Waals surface area contributed by atoms with Crippen LogP contribution in [0.5, 0.6) is 0 Å². The molecule has 2 fully saturated rings. The van der Waals surface area contributed by atoms with Crippen LogP contribution in [0.15, 0.2) is 0 Å². The van der Waals surface area contributed by atoms with Crippen molar-refractivity contribution in [1.82, 2.24) is 4.90 Å². The lowest BCUT2D eigenvalue weighted by molar-refractivity contribution is -0.201. The van der Waals surface area contributed by atoms with E-state index in [0.29, 0.717) is 18.6 Å². The molecule has 0 aliphatic carbocycles. The predicted molar refractivity (Wildman–Crippen MR) is 70.9 cm³/mol. The number of rotatable bonds is 4. The molecule has 2 rings (SSSR count). The maximum Gasteiger partial charge on any atom is 0.306 e. The van der Waals surface area contributed by atoms with Gasteiger partial charge in [-0.05, 0) is 46.7 Å². The molecule has 2 heterocycles. The van der Waals surface area contributed by atoms with E-state index in [2.05, 4.69) is 18.7 Å². The van der Waals surface area contributed by atoms with Gasteiger partial charge < -0.3 is 19.5 Å². The zero-order valence-corrected chi connectivity index (χ0v) is 12.1. The number of hydrogen-bond acceptors (Lipinski definition) is 4. The van der Waals surface area contributed by atoms with E-state index < -0.39 is 11.8 Å². The molecule has 2 saturated heterocycles. The Morgan fingerprint density at radius 1 is 1.42 bits per heavy atom. The average Bonchev–Trinajstić information content (AvgIpc) is 2.71. The maximum atomic E-state index is 10.7. The number of carbonyl (C=O) groups is 1. The van der Waals surface area contributed by atoms with Gasteiger partial charge in [0, 0.05) is 12.0 Å². The van der Waals surface area contributed by atoms with Crippen molar-refractivity contribution in [2.45, 2.75) is 58.0 Å². The third-order valence-corrected chi connectivity index (χ3v) is 4.36. The summed E-state index contributed by atoms with van der Waals surface area (Å²) in [6, 6.07) is 0.582. The van der Waals surface area contributed by atoms with Crippen LogP contribution in [0.1, 0.15) is 40.0 Å². The molecule has 0 saturated carbocycles. The van der Waals surface area contributed by atoms with Crippen LogP contribution in [-0.4, -0.2) is 53.6 Å². The Morgan fingerprint density at radius 2 is 2.05 bits per heavy atom. The summed E-state index contributed by atoms with van der Waals surface area (Å²) in [5.74, 6) is -1.06. The van der Waals surface area contributed by atoms with E-state index in [1.54, 1.807) is 0 Å². The highest BCUT2D eigenvalue weighted by Gasteiger charge is 2.45. The van der Waals surface area contributed by atoms with Crippen LogP contribution in [0.3, 0.4) is 0 Å². The van der Waals surface area contributed by atoms with E-state index in [1.807, 2.05) is 6.92 Å². The lowest BCUT2D eigenvalue weighted by Crippen LogP contribution is -2.46. The van der Waals surface area contributed by atoms with E-state index >= 15 is 0 Å². The Kier molecular flexibility index (Phi) is 4.48. The topological polar surface area (TPSA) is 59.0 Å². The quantitative estimate of drug-likeness (QED) is 0.843. The molecule has 110 valence electrons. The summed E-state index contributed by atoms with van der Waals surface area (Å²) in [6.07, 6.45) is 1.83. The Hall–Kier alpha value is -0.650. The second kappa shape index (κ2) is 5.77. The number of ether oxygens (including phenoxy) is 2. The van der Waals surface area contributed by atoms with Crippen molar-refractivity contribution in [1.29, 1.82) is 0 Å². The van der Waals surface area contributed by atoms with Gasteiger partial charge in [-0.3, -0.25) is 4.79 Å². The van der Waals surface area contributed by atoms with Crippen LogP contribution in [0.4, 0.5) is 0 Å². The van der Waals surface area contributed by atoms with Crippen LogP contribution >= 0.6 is 0 Å². The van der Waals surface area contributed by atoms with Gasteiger partial charge in [-0.15, -0.1) is 0 Å². The van der Waals surface area contributed by atoms with E-state index in [1.165, 1.54) is 0 Å². The Morgan fingerprint density at radius 3 is 2.58 bits per heavy atom. The zero-order valence-electron chi connectivity index (χ0n) is 12.1. The monoisotopic (exact) mass is 271 g/mol. The fraction of sp³-hybridized carbons (Fsp3) is 0.929. The predicted octanol–water partition coefficient (Wildman–Crippen LogP) is 1.71. The smallest absolute Gasteiger partial charge is 0.306 e. The van der Waals surface area contributed by atoms with Gasteiger partial charge in [-0.25, -0.2) is 0 Å². The summed E-state index contributed by atoms with van der Waals surface area (Å²) < 4.78 is 11.7. The molecule has 5 heteroatoms. The third kappa shape index (κ3) is 3.46. The van der Waals surface area contributed by atoms with Gasteiger partial charge in [0.15, 0.2) is 5.79 Å². The van der Waals surface area contributed by atoms with Gasteiger partial charge in [0.25, 0.3) is 0 Å². The minimum absolute atomic E-state index is 0.0282. The molecule has 0 aromatic rings. The van der Waals surface area contributed by atoms with E-state index in [0.717, 1.165) is 25.9 Å². The van der Waals surface area contributed by atoms with Gasteiger partial charge >= 0.3 is 5.97 Å². The van der Waals surface area contributed by atoms with Gasteiger partial charge in [0.2, 0.25) is 0 Å². The van der Waals surface area contributed by atoms with E-state index in [9.17, 15) is 4.79 Å². The molecule has 0 aromatic heterocycles. The zero-order chi connectivity index (χ0) is 14.0. The molecule has 2 aliphatic heterocycles. The van der Waals surface area contributed by atoms with Crippen molar-refractivity contribution in [3.8, 4) is 0 Å². The molecule has 1 N–H and O–H groups in total. The molecule has 2 atom stereocenters. The molecule has 5 nitrogen and oxygen atoms in total. The first-order valence-corrected chi connectivity index (χ1v) is 7.18. The lowest BCUT2D eigenvalue weighted by atomic mass is 9.89. The molecule has 19 heavy (non-hydrogen) atoms. The number of carboxylic acids is 1. The van der Waals surface area contributed by atoms with Crippen molar-refractivity contribution < 1.29 is 19.4 Å². The molecular weight excluding hydrogens is 246 g/mol. The molecule has 0 spiro atoms. The number of likely N-dealkylation sites (tertiary alicyclic amines) is 1. The summed E-state index contributed by atoms with van der Waals surface area (Å²) in [6.45, 7) is 8.92.